The summed E-state index contributed by atoms with van der Waals surface area (Å²) in [6.07, 6.45) is 3.74. The van der Waals surface area contributed by atoms with Gasteiger partial charge in [-0.05, 0) is 49.9 Å². The van der Waals surface area contributed by atoms with E-state index in [1.54, 1.807) is 0 Å². The number of nitrogens with zero attached hydrogens (tertiary/aromatic N) is 1. The van der Waals surface area contributed by atoms with Gasteiger partial charge in [-0.3, -0.25) is 0 Å². The average Bonchev–Trinajstić information content (AvgIpc) is 3.32. The first-order chi connectivity index (χ1) is 10.3. The minimum absolute atomic E-state index is 0.556. The van der Waals surface area contributed by atoms with E-state index in [-0.39, 0.29) is 0 Å². The first kappa shape index (κ1) is 16.3. The zero-order valence-corrected chi connectivity index (χ0v) is 13.1. The van der Waals surface area contributed by atoms with Crippen molar-refractivity contribution < 1.29 is 9.47 Å². The Bertz CT molecular complexity index is 408. The number of nitrogens with two attached hydrogens (primary N) is 1. The van der Waals surface area contributed by atoms with Gasteiger partial charge >= 0.3 is 0 Å². The summed E-state index contributed by atoms with van der Waals surface area (Å²) in [6, 6.07) is 7.99. The highest BCUT2D eigenvalue weighted by molar-refractivity contribution is 5.28. The number of likely N-dealkylation sites (N-methyl/N-ethyl adjacent to an activating group) is 1. The van der Waals surface area contributed by atoms with Gasteiger partial charge in [-0.25, -0.2) is 0 Å². The molecule has 1 fully saturated rings. The number of hydrogen-bond acceptors (Lipinski definition) is 4. The molecule has 1 aliphatic rings. The molecule has 2 N–H and O–H groups in total. The lowest BCUT2D eigenvalue weighted by atomic mass is 10.2. The predicted molar refractivity (Wildman–Crippen MR) is 85.5 cm³/mol. The van der Waals surface area contributed by atoms with E-state index in [0.29, 0.717) is 6.54 Å². The Morgan fingerprint density at radius 1 is 1.24 bits per heavy atom. The molecule has 1 saturated carbocycles. The van der Waals surface area contributed by atoms with Crippen LogP contribution in [-0.2, 0) is 11.3 Å². The van der Waals surface area contributed by atoms with Gasteiger partial charge in [0, 0.05) is 26.2 Å². The monoisotopic (exact) mass is 292 g/mol. The van der Waals surface area contributed by atoms with E-state index in [2.05, 4.69) is 11.9 Å². The van der Waals surface area contributed by atoms with Gasteiger partial charge in [-0.15, -0.1) is 0 Å². The molecule has 1 aromatic carbocycles. The van der Waals surface area contributed by atoms with Gasteiger partial charge in [0.25, 0.3) is 0 Å². The molecule has 1 aliphatic carbocycles. The topological polar surface area (TPSA) is 47.7 Å². The summed E-state index contributed by atoms with van der Waals surface area (Å²) in [4.78, 5) is 2.30. The van der Waals surface area contributed by atoms with Crippen LogP contribution in [0.1, 0.15) is 24.8 Å². The molecular formula is C17H28N2O2. The summed E-state index contributed by atoms with van der Waals surface area (Å²) >= 11 is 0. The fourth-order valence-corrected chi connectivity index (χ4v) is 2.15. The molecule has 0 spiro atoms. The summed E-state index contributed by atoms with van der Waals surface area (Å²) in [5.41, 5.74) is 6.73. The van der Waals surface area contributed by atoms with Crippen LogP contribution < -0.4 is 10.5 Å². The second-order valence-corrected chi connectivity index (χ2v) is 5.88. The highest BCUT2D eigenvalue weighted by atomic mass is 16.5. The van der Waals surface area contributed by atoms with Gasteiger partial charge in [0.05, 0.1) is 13.2 Å². The molecule has 0 bridgehead atoms. The second-order valence-electron chi connectivity index (χ2n) is 5.88. The van der Waals surface area contributed by atoms with Crippen molar-refractivity contribution >= 4 is 0 Å². The van der Waals surface area contributed by atoms with Crippen molar-refractivity contribution in [1.82, 2.24) is 4.90 Å². The van der Waals surface area contributed by atoms with Crippen LogP contribution >= 0.6 is 0 Å². The number of ether oxygens (including phenoxy) is 2. The van der Waals surface area contributed by atoms with E-state index in [1.165, 1.54) is 12.8 Å². The van der Waals surface area contributed by atoms with Crippen LogP contribution in [-0.4, -0.2) is 44.9 Å². The summed E-state index contributed by atoms with van der Waals surface area (Å²) in [5, 5.41) is 0. The SMILES string of the molecule is CN(CCCOc1cccc(CN)c1)CCOCC1CC1. The maximum atomic E-state index is 5.75. The van der Waals surface area contributed by atoms with Crippen molar-refractivity contribution in [3.05, 3.63) is 29.8 Å². The summed E-state index contributed by atoms with van der Waals surface area (Å²) in [7, 11) is 2.13. The third kappa shape index (κ3) is 6.93. The molecule has 0 radical (unpaired) electrons. The first-order valence-electron chi connectivity index (χ1n) is 7.96. The van der Waals surface area contributed by atoms with Crippen LogP contribution in [0.5, 0.6) is 5.75 Å². The molecule has 0 amide bonds. The summed E-state index contributed by atoms with van der Waals surface area (Å²) in [5.74, 6) is 1.77. The molecule has 2 rings (SSSR count). The van der Waals surface area contributed by atoms with E-state index in [4.69, 9.17) is 15.2 Å². The Labute approximate surface area is 128 Å². The summed E-state index contributed by atoms with van der Waals surface area (Å²) < 4.78 is 11.4. The molecular weight excluding hydrogens is 264 g/mol. The van der Waals surface area contributed by atoms with Crippen molar-refractivity contribution in [2.24, 2.45) is 11.7 Å². The van der Waals surface area contributed by atoms with E-state index >= 15 is 0 Å². The zero-order valence-electron chi connectivity index (χ0n) is 13.1. The van der Waals surface area contributed by atoms with Gasteiger partial charge in [-0.1, -0.05) is 12.1 Å². The van der Waals surface area contributed by atoms with Crippen LogP contribution in [0, 0.1) is 5.92 Å². The fourth-order valence-electron chi connectivity index (χ4n) is 2.15. The zero-order chi connectivity index (χ0) is 14.9. The van der Waals surface area contributed by atoms with E-state index in [9.17, 15) is 0 Å². The maximum Gasteiger partial charge on any atom is 0.119 e. The Kier molecular flexibility index (Phi) is 7.00. The number of rotatable bonds is 11. The predicted octanol–water partition coefficient (Wildman–Crippen LogP) is 2.27. The quantitative estimate of drug-likeness (QED) is 0.636. The highest BCUT2D eigenvalue weighted by Gasteiger charge is 2.20. The molecule has 4 heteroatoms. The Morgan fingerprint density at radius 2 is 2.10 bits per heavy atom. The van der Waals surface area contributed by atoms with Crippen molar-refractivity contribution in [3.8, 4) is 5.75 Å². The van der Waals surface area contributed by atoms with Crippen LogP contribution in [0.3, 0.4) is 0 Å². The van der Waals surface area contributed by atoms with Crippen LogP contribution in [0.2, 0.25) is 0 Å². The minimum atomic E-state index is 0.556. The lowest BCUT2D eigenvalue weighted by Gasteiger charge is -2.16. The Morgan fingerprint density at radius 3 is 2.86 bits per heavy atom. The molecule has 1 aromatic rings. The van der Waals surface area contributed by atoms with Crippen molar-refractivity contribution in [2.45, 2.75) is 25.8 Å². The molecule has 0 aliphatic heterocycles. The van der Waals surface area contributed by atoms with Crippen LogP contribution in [0.25, 0.3) is 0 Å². The largest absolute Gasteiger partial charge is 0.494 e. The average molecular weight is 292 g/mol. The fraction of sp³-hybridized carbons (Fsp3) is 0.647. The number of benzene rings is 1. The van der Waals surface area contributed by atoms with E-state index in [1.807, 2.05) is 24.3 Å². The molecule has 21 heavy (non-hydrogen) atoms. The van der Waals surface area contributed by atoms with E-state index in [0.717, 1.165) is 56.6 Å². The van der Waals surface area contributed by atoms with Crippen molar-refractivity contribution in [3.63, 3.8) is 0 Å². The van der Waals surface area contributed by atoms with Gasteiger partial charge < -0.3 is 20.1 Å². The second kappa shape index (κ2) is 9.03. The molecule has 118 valence electrons. The van der Waals surface area contributed by atoms with Gasteiger partial charge in [0.15, 0.2) is 0 Å². The molecule has 0 heterocycles. The molecule has 4 nitrogen and oxygen atoms in total. The molecule has 0 unspecified atom stereocenters. The van der Waals surface area contributed by atoms with Gasteiger partial charge in [0.2, 0.25) is 0 Å². The molecule has 0 atom stereocenters. The lowest BCUT2D eigenvalue weighted by Crippen LogP contribution is -2.25. The minimum Gasteiger partial charge on any atom is -0.494 e. The standard InChI is InChI=1S/C17H28N2O2/c1-19(9-11-20-14-15-6-7-15)8-3-10-21-17-5-2-4-16(12-17)13-18/h2,4-5,12,15H,3,6-11,13-14,18H2,1H3. The summed E-state index contributed by atoms with van der Waals surface area (Å²) in [6.45, 7) is 5.11. The first-order valence-corrected chi connectivity index (χ1v) is 7.96. The van der Waals surface area contributed by atoms with Gasteiger partial charge in [0.1, 0.15) is 5.75 Å². The number of hydrogen-bond donors (Lipinski definition) is 1. The third-order valence-corrected chi connectivity index (χ3v) is 3.75. The van der Waals surface area contributed by atoms with Crippen molar-refractivity contribution in [1.29, 1.82) is 0 Å². The lowest BCUT2D eigenvalue weighted by molar-refractivity contribution is 0.102. The van der Waals surface area contributed by atoms with E-state index < -0.39 is 0 Å². The maximum absolute atomic E-state index is 5.75. The Balaban J connectivity index is 1.49. The van der Waals surface area contributed by atoms with Crippen LogP contribution in [0.15, 0.2) is 24.3 Å². The highest BCUT2D eigenvalue weighted by Crippen LogP contribution is 2.28. The van der Waals surface area contributed by atoms with Gasteiger partial charge in [-0.2, -0.15) is 0 Å². The molecule has 0 saturated heterocycles. The smallest absolute Gasteiger partial charge is 0.119 e. The Hall–Kier alpha value is -1.10. The molecule has 0 aromatic heterocycles. The van der Waals surface area contributed by atoms with Crippen LogP contribution in [0.4, 0.5) is 0 Å². The third-order valence-electron chi connectivity index (χ3n) is 3.75. The normalized spacial score (nSPS) is 14.6. The van der Waals surface area contributed by atoms with Crippen molar-refractivity contribution in [2.75, 3.05) is 40.0 Å².